The zero-order chi connectivity index (χ0) is 28.2. The van der Waals surface area contributed by atoms with Gasteiger partial charge in [-0.2, -0.15) is 9.97 Å². The van der Waals surface area contributed by atoms with E-state index in [2.05, 4.69) is 25.6 Å². The number of ether oxygens (including phenoxy) is 3. The number of hydrogen-bond acceptors (Lipinski definition) is 9. The van der Waals surface area contributed by atoms with Crippen molar-refractivity contribution in [2.24, 2.45) is 0 Å². The molecule has 6 rings (SSSR count). The fourth-order valence-electron chi connectivity index (χ4n) is 5.62. The second-order valence-electron chi connectivity index (χ2n) is 10.7. The predicted molar refractivity (Wildman–Crippen MR) is 147 cm³/mol. The molecule has 3 fully saturated rings. The number of carbonyl (C=O) groups excluding carboxylic acids is 1. The number of nitrogens with one attached hydrogen (secondary N) is 2. The maximum Gasteiger partial charge on any atom is 0.296 e. The third-order valence-corrected chi connectivity index (χ3v) is 7.79. The van der Waals surface area contributed by atoms with Crippen LogP contribution in [-0.4, -0.2) is 89.7 Å². The largest absolute Gasteiger partial charge is 0.474 e. The van der Waals surface area contributed by atoms with Gasteiger partial charge in [0.1, 0.15) is 11.9 Å². The minimum atomic E-state index is -2.79. The number of aromatic nitrogens is 4. The Hall–Kier alpha value is -3.42. The van der Waals surface area contributed by atoms with Crippen LogP contribution in [0.2, 0.25) is 0 Å². The van der Waals surface area contributed by atoms with Crippen molar-refractivity contribution in [2.45, 2.75) is 56.7 Å². The highest BCUT2D eigenvalue weighted by molar-refractivity contribution is 5.78. The van der Waals surface area contributed by atoms with E-state index < -0.39 is 6.43 Å². The number of hydrogen-bond donors (Lipinski definition) is 2. The molecule has 3 aromatic rings. The Balaban J connectivity index is 1.17. The third kappa shape index (κ3) is 6.57. The first-order valence-electron chi connectivity index (χ1n) is 14.3. The number of halogens is 2. The summed E-state index contributed by atoms with van der Waals surface area (Å²) in [6.07, 6.45) is 1.04. The number of anilines is 1. The number of nitrogens with zero attached hydrogens (tertiary/aromatic N) is 5. The van der Waals surface area contributed by atoms with Gasteiger partial charge in [0.05, 0.1) is 37.4 Å². The molecule has 0 bridgehead atoms. The summed E-state index contributed by atoms with van der Waals surface area (Å²) >= 11 is 0. The van der Waals surface area contributed by atoms with Crippen molar-refractivity contribution >= 4 is 22.9 Å². The average molecular weight is 572 g/mol. The summed E-state index contributed by atoms with van der Waals surface area (Å²) < 4.78 is 46.8. The smallest absolute Gasteiger partial charge is 0.296 e. The number of alkyl halides is 2. The molecular formula is C28H35F2N7O4. The van der Waals surface area contributed by atoms with E-state index in [1.165, 1.54) is 4.57 Å². The summed E-state index contributed by atoms with van der Waals surface area (Å²) in [6.45, 7) is 3.89. The molecule has 2 N–H and O–H groups in total. The lowest BCUT2D eigenvalue weighted by atomic mass is 9.93. The lowest BCUT2D eigenvalue weighted by Crippen LogP contribution is -2.45. The highest BCUT2D eigenvalue weighted by Crippen LogP contribution is 2.31. The fourth-order valence-corrected chi connectivity index (χ4v) is 5.62. The quantitative estimate of drug-likeness (QED) is 0.400. The van der Waals surface area contributed by atoms with E-state index >= 15 is 0 Å². The molecule has 2 aliphatic heterocycles. The molecule has 13 heteroatoms. The number of rotatable bonds is 9. The van der Waals surface area contributed by atoms with Gasteiger partial charge in [0, 0.05) is 37.8 Å². The molecule has 0 spiro atoms. The molecule has 1 aromatic carbocycles. The normalized spacial score (nSPS) is 23.3. The highest BCUT2D eigenvalue weighted by Gasteiger charge is 2.27. The third-order valence-electron chi connectivity index (χ3n) is 7.79. The maximum absolute atomic E-state index is 14.1. The minimum absolute atomic E-state index is 0.0146. The fraction of sp³-hybridized carbons (Fsp3) is 0.571. The lowest BCUT2D eigenvalue weighted by molar-refractivity contribution is -0.121. The van der Waals surface area contributed by atoms with E-state index in [4.69, 9.17) is 14.2 Å². The van der Waals surface area contributed by atoms with Crippen LogP contribution in [0.25, 0.3) is 16.9 Å². The van der Waals surface area contributed by atoms with Crippen LogP contribution in [0.1, 0.15) is 44.4 Å². The molecule has 41 heavy (non-hydrogen) atoms. The van der Waals surface area contributed by atoms with Crippen molar-refractivity contribution in [1.29, 1.82) is 0 Å². The lowest BCUT2D eigenvalue weighted by Gasteiger charge is -2.30. The molecule has 1 atom stereocenters. The molecule has 1 amide bonds. The van der Waals surface area contributed by atoms with Gasteiger partial charge in [-0.15, -0.1) is 0 Å². The number of morpholine rings is 1. The van der Waals surface area contributed by atoms with Crippen LogP contribution in [0.5, 0.6) is 5.88 Å². The van der Waals surface area contributed by atoms with Crippen molar-refractivity contribution in [3.63, 3.8) is 0 Å². The Morgan fingerprint density at radius 3 is 2.56 bits per heavy atom. The summed E-state index contributed by atoms with van der Waals surface area (Å²) in [4.78, 5) is 27.9. The number of amides is 1. The zero-order valence-electron chi connectivity index (χ0n) is 22.8. The first-order valence-corrected chi connectivity index (χ1v) is 14.3. The second-order valence-corrected chi connectivity index (χ2v) is 10.7. The second kappa shape index (κ2) is 12.6. The molecule has 3 aliphatic rings. The summed E-state index contributed by atoms with van der Waals surface area (Å²) in [7, 11) is 0. The van der Waals surface area contributed by atoms with Gasteiger partial charge in [0.15, 0.2) is 5.82 Å². The molecule has 2 aromatic heterocycles. The summed E-state index contributed by atoms with van der Waals surface area (Å²) in [5.41, 5.74) is 0.996. The number of benzene rings is 1. The van der Waals surface area contributed by atoms with Gasteiger partial charge in [-0.3, -0.25) is 9.36 Å². The van der Waals surface area contributed by atoms with Gasteiger partial charge >= 0.3 is 0 Å². The molecule has 220 valence electrons. The molecule has 4 heterocycles. The Morgan fingerprint density at radius 1 is 1.00 bits per heavy atom. The van der Waals surface area contributed by atoms with Gasteiger partial charge in [-0.25, -0.2) is 13.8 Å². The Bertz CT molecular complexity index is 1340. The van der Waals surface area contributed by atoms with Crippen LogP contribution in [0.15, 0.2) is 30.3 Å². The highest BCUT2D eigenvalue weighted by atomic mass is 19.3. The SMILES string of the molecule is O=C(CN[C@@H]1CCOC1)NC1CCC(Oc2cc(-n3c(C(F)F)nc4ccccc43)nc(N3CCOCC3)n2)CC1. The number of carbonyl (C=O) groups is 1. The molecule has 1 saturated carbocycles. The summed E-state index contributed by atoms with van der Waals surface area (Å²) in [5, 5.41) is 6.36. The van der Waals surface area contributed by atoms with Crippen LogP contribution in [0.4, 0.5) is 14.7 Å². The number of imidazole rings is 1. The van der Waals surface area contributed by atoms with Gasteiger partial charge in [0.2, 0.25) is 17.7 Å². The van der Waals surface area contributed by atoms with Gasteiger partial charge < -0.3 is 29.7 Å². The van der Waals surface area contributed by atoms with E-state index in [0.29, 0.717) is 55.8 Å². The monoisotopic (exact) mass is 571 g/mol. The minimum Gasteiger partial charge on any atom is -0.474 e. The molecule has 0 unspecified atom stereocenters. The Labute approximate surface area is 236 Å². The standard InChI is InChI=1S/C28H35F2N7O4/c29-26(30)27-33-21-3-1-2-4-22(21)37(27)23-15-25(35-28(34-23)36-10-13-39-14-11-36)41-20-7-5-18(6-8-20)32-24(38)16-31-19-9-12-40-17-19/h1-4,15,18-20,26,31H,5-14,16-17H2,(H,32,38)/t18?,19-,20?/m1/s1. The van der Waals surface area contributed by atoms with Crippen molar-refractivity contribution in [2.75, 3.05) is 51.0 Å². The Kier molecular flexibility index (Phi) is 8.54. The summed E-state index contributed by atoms with van der Waals surface area (Å²) in [6, 6.07) is 8.93. The number of fused-ring (bicyclic) bond motifs is 1. The average Bonchev–Trinajstić information content (AvgIpc) is 3.66. The topological polar surface area (TPSA) is 116 Å². The first-order chi connectivity index (χ1) is 20.0. The predicted octanol–water partition coefficient (Wildman–Crippen LogP) is 2.77. The first kappa shape index (κ1) is 27.7. The van der Waals surface area contributed by atoms with E-state index in [1.54, 1.807) is 30.3 Å². The molecule has 2 saturated heterocycles. The van der Waals surface area contributed by atoms with E-state index in [1.807, 2.05) is 4.90 Å². The van der Waals surface area contributed by atoms with Crippen LogP contribution in [-0.2, 0) is 14.3 Å². The Morgan fingerprint density at radius 2 is 1.80 bits per heavy atom. The van der Waals surface area contributed by atoms with Gasteiger partial charge in [0.25, 0.3) is 6.43 Å². The van der Waals surface area contributed by atoms with Crippen molar-refractivity contribution in [3.8, 4) is 11.7 Å². The van der Waals surface area contributed by atoms with Crippen LogP contribution >= 0.6 is 0 Å². The molecule has 1 aliphatic carbocycles. The molecule has 0 radical (unpaired) electrons. The van der Waals surface area contributed by atoms with Gasteiger partial charge in [-0.1, -0.05) is 12.1 Å². The van der Waals surface area contributed by atoms with Gasteiger partial charge in [-0.05, 0) is 44.2 Å². The zero-order valence-corrected chi connectivity index (χ0v) is 22.8. The summed E-state index contributed by atoms with van der Waals surface area (Å²) in [5.74, 6) is 0.612. The van der Waals surface area contributed by atoms with Crippen molar-refractivity contribution in [3.05, 3.63) is 36.2 Å². The maximum atomic E-state index is 14.1. The molecule has 11 nitrogen and oxygen atoms in total. The van der Waals surface area contributed by atoms with E-state index in [-0.39, 0.29) is 42.3 Å². The number of para-hydroxylation sites is 2. The van der Waals surface area contributed by atoms with Crippen molar-refractivity contribution in [1.82, 2.24) is 30.2 Å². The van der Waals surface area contributed by atoms with Crippen molar-refractivity contribution < 1.29 is 27.8 Å². The molecular weight excluding hydrogens is 536 g/mol. The van der Waals surface area contributed by atoms with E-state index in [0.717, 1.165) is 38.7 Å². The van der Waals surface area contributed by atoms with Crippen LogP contribution in [0, 0.1) is 0 Å². The van der Waals surface area contributed by atoms with E-state index in [9.17, 15) is 13.6 Å². The van der Waals surface area contributed by atoms with Crippen LogP contribution < -0.4 is 20.3 Å². The van der Waals surface area contributed by atoms with Crippen LogP contribution in [0.3, 0.4) is 0 Å².